The minimum absolute atomic E-state index is 0.110. The van der Waals surface area contributed by atoms with Crippen LogP contribution in [0, 0.1) is 18.6 Å². The first-order valence-electron chi connectivity index (χ1n) is 7.77. The fraction of sp³-hybridized carbons (Fsp3) is 0.111. The highest BCUT2D eigenvalue weighted by molar-refractivity contribution is 5.92. The Balaban J connectivity index is 1.74. The zero-order valence-corrected chi connectivity index (χ0v) is 13.8. The van der Waals surface area contributed by atoms with E-state index >= 15 is 0 Å². The van der Waals surface area contributed by atoms with Gasteiger partial charge in [0.25, 0.3) is 5.91 Å². The van der Waals surface area contributed by atoms with Crippen LogP contribution in [0.4, 0.5) is 20.4 Å². The van der Waals surface area contributed by atoms with E-state index in [1.54, 1.807) is 25.3 Å². The Morgan fingerprint density at radius 1 is 1.08 bits per heavy atom. The van der Waals surface area contributed by atoms with E-state index in [-0.39, 0.29) is 23.9 Å². The molecule has 26 heavy (non-hydrogen) atoms. The minimum Gasteiger partial charge on any atom is -0.345 e. The molecule has 0 saturated heterocycles. The third kappa shape index (κ3) is 4.35. The summed E-state index contributed by atoms with van der Waals surface area (Å²) in [5, 5.41) is 5.48. The number of nitrogens with zero attached hydrogens (tertiary/aromatic N) is 3. The van der Waals surface area contributed by atoms with Gasteiger partial charge < -0.3 is 10.6 Å². The van der Waals surface area contributed by atoms with Crippen LogP contribution in [0.25, 0.3) is 0 Å². The van der Waals surface area contributed by atoms with Gasteiger partial charge in [0.15, 0.2) is 11.6 Å². The van der Waals surface area contributed by atoms with Crippen LogP contribution in [-0.4, -0.2) is 20.9 Å². The summed E-state index contributed by atoms with van der Waals surface area (Å²) in [6, 6.07) is 10.3. The first-order valence-corrected chi connectivity index (χ1v) is 7.77. The Morgan fingerprint density at radius 2 is 1.92 bits per heavy atom. The van der Waals surface area contributed by atoms with Crippen LogP contribution in [0.1, 0.15) is 21.9 Å². The van der Waals surface area contributed by atoms with Gasteiger partial charge in [0.2, 0.25) is 5.95 Å². The van der Waals surface area contributed by atoms with Gasteiger partial charge in [0, 0.05) is 23.6 Å². The average molecular weight is 355 g/mol. The van der Waals surface area contributed by atoms with Crippen LogP contribution in [0.3, 0.4) is 0 Å². The summed E-state index contributed by atoms with van der Waals surface area (Å²) in [6.45, 7) is 1.96. The van der Waals surface area contributed by atoms with Crippen molar-refractivity contribution in [2.45, 2.75) is 13.5 Å². The summed E-state index contributed by atoms with van der Waals surface area (Å²) in [4.78, 5) is 24.7. The van der Waals surface area contributed by atoms with Crippen LogP contribution >= 0.6 is 0 Å². The lowest BCUT2D eigenvalue weighted by atomic mass is 10.3. The summed E-state index contributed by atoms with van der Waals surface area (Å²) >= 11 is 0. The van der Waals surface area contributed by atoms with Gasteiger partial charge in [-0.25, -0.2) is 18.7 Å². The van der Waals surface area contributed by atoms with E-state index < -0.39 is 17.5 Å². The zero-order valence-electron chi connectivity index (χ0n) is 13.8. The predicted octanol–water partition coefficient (Wildman–Crippen LogP) is 3.13. The highest BCUT2D eigenvalue weighted by Crippen LogP contribution is 2.17. The monoisotopic (exact) mass is 355 g/mol. The van der Waals surface area contributed by atoms with Crippen LogP contribution in [0.15, 0.2) is 48.7 Å². The average Bonchev–Trinajstić information content (AvgIpc) is 2.63. The van der Waals surface area contributed by atoms with Gasteiger partial charge >= 0.3 is 0 Å². The van der Waals surface area contributed by atoms with Gasteiger partial charge in [-0.3, -0.25) is 9.78 Å². The largest absolute Gasteiger partial charge is 0.345 e. The molecule has 3 rings (SSSR count). The molecule has 2 N–H and O–H groups in total. The van der Waals surface area contributed by atoms with E-state index in [2.05, 4.69) is 25.6 Å². The SMILES string of the molecule is Cc1cc(C(=O)NCc2ccccn2)nc(Nc2ccc(F)c(F)c2)n1. The highest BCUT2D eigenvalue weighted by atomic mass is 19.2. The molecule has 3 aromatic rings. The molecule has 132 valence electrons. The van der Waals surface area contributed by atoms with E-state index in [1.807, 2.05) is 6.07 Å². The molecule has 0 radical (unpaired) electrons. The normalized spacial score (nSPS) is 10.4. The topological polar surface area (TPSA) is 79.8 Å². The number of carbonyl (C=O) groups is 1. The van der Waals surface area contributed by atoms with Crippen molar-refractivity contribution in [1.29, 1.82) is 0 Å². The Kier molecular flexibility index (Phi) is 5.12. The Morgan fingerprint density at radius 3 is 2.65 bits per heavy atom. The molecule has 0 spiro atoms. The summed E-state index contributed by atoms with van der Waals surface area (Å²) < 4.78 is 26.3. The number of pyridine rings is 1. The number of amides is 1. The zero-order chi connectivity index (χ0) is 18.5. The van der Waals surface area contributed by atoms with Gasteiger partial charge in [-0.05, 0) is 37.3 Å². The number of hydrogen-bond acceptors (Lipinski definition) is 5. The molecule has 6 nitrogen and oxygen atoms in total. The van der Waals surface area contributed by atoms with Crippen molar-refractivity contribution in [1.82, 2.24) is 20.3 Å². The number of anilines is 2. The molecular weight excluding hydrogens is 340 g/mol. The second-order valence-electron chi connectivity index (χ2n) is 5.48. The summed E-state index contributed by atoms with van der Waals surface area (Å²) in [5.41, 5.74) is 1.69. The number of halogens is 2. The molecule has 1 aromatic carbocycles. The second kappa shape index (κ2) is 7.64. The molecule has 8 heteroatoms. The second-order valence-corrected chi connectivity index (χ2v) is 5.48. The van der Waals surface area contributed by atoms with Gasteiger partial charge in [0.1, 0.15) is 5.69 Å². The molecule has 1 amide bonds. The summed E-state index contributed by atoms with van der Waals surface area (Å²) in [7, 11) is 0. The third-order valence-corrected chi connectivity index (χ3v) is 3.42. The number of aromatic nitrogens is 3. The molecule has 0 fully saturated rings. The van der Waals surface area contributed by atoms with Crippen molar-refractivity contribution in [3.63, 3.8) is 0 Å². The van der Waals surface area contributed by atoms with E-state index in [4.69, 9.17) is 0 Å². The number of hydrogen-bond donors (Lipinski definition) is 2. The predicted molar refractivity (Wildman–Crippen MR) is 91.8 cm³/mol. The maximum Gasteiger partial charge on any atom is 0.270 e. The van der Waals surface area contributed by atoms with Gasteiger partial charge in [-0.2, -0.15) is 0 Å². The summed E-state index contributed by atoms with van der Waals surface area (Å²) in [5.74, 6) is -2.22. The quantitative estimate of drug-likeness (QED) is 0.735. The van der Waals surface area contributed by atoms with Crippen molar-refractivity contribution in [2.75, 3.05) is 5.32 Å². The summed E-state index contributed by atoms with van der Waals surface area (Å²) in [6.07, 6.45) is 1.64. The van der Waals surface area contributed by atoms with E-state index in [0.717, 1.165) is 12.1 Å². The van der Waals surface area contributed by atoms with Crippen molar-refractivity contribution in [3.8, 4) is 0 Å². The molecule has 0 saturated carbocycles. The van der Waals surface area contributed by atoms with E-state index in [9.17, 15) is 13.6 Å². The fourth-order valence-electron chi connectivity index (χ4n) is 2.21. The van der Waals surface area contributed by atoms with E-state index in [0.29, 0.717) is 11.4 Å². The Labute approximate surface area is 148 Å². The first kappa shape index (κ1) is 17.4. The van der Waals surface area contributed by atoms with Crippen molar-refractivity contribution < 1.29 is 13.6 Å². The molecule has 0 bridgehead atoms. The number of aryl methyl sites for hydroxylation is 1. The van der Waals surface area contributed by atoms with Gasteiger partial charge in [-0.15, -0.1) is 0 Å². The van der Waals surface area contributed by atoms with Crippen molar-refractivity contribution in [2.24, 2.45) is 0 Å². The first-order chi connectivity index (χ1) is 12.5. The molecular formula is C18H15F2N5O. The smallest absolute Gasteiger partial charge is 0.270 e. The van der Waals surface area contributed by atoms with E-state index in [1.165, 1.54) is 12.1 Å². The standard InChI is InChI=1S/C18H15F2N5O/c1-11-8-16(17(26)22-10-13-4-2-3-7-21-13)25-18(23-11)24-12-5-6-14(19)15(20)9-12/h2-9H,10H2,1H3,(H,22,26)(H,23,24,25). The molecule has 0 aliphatic heterocycles. The number of nitrogens with one attached hydrogen (secondary N) is 2. The molecule has 0 unspecified atom stereocenters. The van der Waals surface area contributed by atoms with Gasteiger partial charge in [-0.1, -0.05) is 6.07 Å². The lowest BCUT2D eigenvalue weighted by Gasteiger charge is -2.09. The minimum atomic E-state index is -0.990. The molecule has 0 aliphatic rings. The Hall–Kier alpha value is -3.42. The fourth-order valence-corrected chi connectivity index (χ4v) is 2.21. The van der Waals surface area contributed by atoms with Crippen LogP contribution < -0.4 is 10.6 Å². The van der Waals surface area contributed by atoms with Gasteiger partial charge in [0.05, 0.1) is 12.2 Å². The maximum absolute atomic E-state index is 13.3. The molecule has 2 heterocycles. The number of rotatable bonds is 5. The third-order valence-electron chi connectivity index (χ3n) is 3.42. The maximum atomic E-state index is 13.3. The van der Waals surface area contributed by atoms with Crippen molar-refractivity contribution >= 4 is 17.5 Å². The molecule has 0 atom stereocenters. The lowest BCUT2D eigenvalue weighted by molar-refractivity contribution is 0.0945. The highest BCUT2D eigenvalue weighted by Gasteiger charge is 2.11. The number of benzene rings is 1. The van der Waals surface area contributed by atoms with Crippen molar-refractivity contribution in [3.05, 3.63) is 77.4 Å². The molecule has 2 aromatic heterocycles. The molecule has 0 aliphatic carbocycles. The van der Waals surface area contributed by atoms with Crippen LogP contribution in [-0.2, 0) is 6.54 Å². The van der Waals surface area contributed by atoms with Crippen LogP contribution in [0.5, 0.6) is 0 Å². The lowest BCUT2D eigenvalue weighted by Crippen LogP contribution is -2.24. The van der Waals surface area contributed by atoms with Crippen LogP contribution in [0.2, 0.25) is 0 Å². The number of carbonyl (C=O) groups excluding carboxylic acids is 1. The Bertz CT molecular complexity index is 934.